The smallest absolute Gasteiger partial charge is 0.215 e. The number of ketones is 1. The minimum absolute atomic E-state index is 0.124. The largest absolute Gasteiger partial charge is 0.332 e. The molecule has 1 aromatic heterocycles. The van der Waals surface area contributed by atoms with Crippen LogP contribution < -0.4 is 5.73 Å². The summed E-state index contributed by atoms with van der Waals surface area (Å²) >= 11 is 0. The molecule has 0 fully saturated rings. The van der Waals surface area contributed by atoms with Gasteiger partial charge in [-0.2, -0.15) is 0 Å². The Morgan fingerprint density at radius 3 is 2.71 bits per heavy atom. The van der Waals surface area contributed by atoms with Crippen molar-refractivity contribution in [3.63, 3.8) is 0 Å². The van der Waals surface area contributed by atoms with E-state index in [1.165, 1.54) is 0 Å². The first-order valence-electron chi connectivity index (χ1n) is 5.49. The summed E-state index contributed by atoms with van der Waals surface area (Å²) in [5, 5.41) is 0. The number of nitrogens with zero attached hydrogens (tertiary/aromatic N) is 2. The van der Waals surface area contributed by atoms with Gasteiger partial charge >= 0.3 is 0 Å². The van der Waals surface area contributed by atoms with E-state index in [1.54, 1.807) is 24.0 Å². The van der Waals surface area contributed by atoms with Crippen LogP contribution >= 0.6 is 0 Å². The second-order valence-corrected chi connectivity index (χ2v) is 4.02. The maximum absolute atomic E-state index is 12.0. The van der Waals surface area contributed by atoms with E-state index in [1.807, 2.05) is 30.3 Å². The molecule has 0 radical (unpaired) electrons. The lowest BCUT2D eigenvalue weighted by Gasteiger charge is -2.10. The molecule has 1 unspecified atom stereocenters. The van der Waals surface area contributed by atoms with Gasteiger partial charge in [0.15, 0.2) is 5.82 Å². The summed E-state index contributed by atoms with van der Waals surface area (Å²) in [6.07, 6.45) is 3.87. The van der Waals surface area contributed by atoms with Crippen molar-refractivity contribution in [2.75, 3.05) is 0 Å². The summed E-state index contributed by atoms with van der Waals surface area (Å²) in [5.41, 5.74) is 6.96. The highest BCUT2D eigenvalue weighted by atomic mass is 16.1. The Balaban J connectivity index is 2.09. The summed E-state index contributed by atoms with van der Waals surface area (Å²) in [5.74, 6) is 0.287. The van der Waals surface area contributed by atoms with E-state index in [0.717, 1.165) is 5.56 Å². The van der Waals surface area contributed by atoms with Gasteiger partial charge in [-0.3, -0.25) is 4.79 Å². The van der Waals surface area contributed by atoms with Crippen LogP contribution in [0.15, 0.2) is 42.7 Å². The summed E-state index contributed by atoms with van der Waals surface area (Å²) in [7, 11) is 1.79. The molecule has 2 rings (SSSR count). The molecule has 4 nitrogen and oxygen atoms in total. The molecule has 0 bridgehead atoms. The number of aryl methyl sites for hydroxylation is 1. The highest BCUT2D eigenvalue weighted by Crippen LogP contribution is 2.06. The standard InChI is InChI=1S/C13H15N3O/c1-16-8-7-15-13(16)12(17)11(14)9-10-5-3-2-4-6-10/h2-8,11H,9,14H2,1H3. The van der Waals surface area contributed by atoms with Gasteiger partial charge in [-0.25, -0.2) is 4.98 Å². The van der Waals surface area contributed by atoms with Gasteiger partial charge in [0.2, 0.25) is 5.78 Å². The van der Waals surface area contributed by atoms with E-state index >= 15 is 0 Å². The molecular formula is C13H15N3O. The summed E-state index contributed by atoms with van der Waals surface area (Å²) in [6.45, 7) is 0. The van der Waals surface area contributed by atoms with Gasteiger partial charge in [0, 0.05) is 19.4 Å². The molecule has 0 saturated heterocycles. The molecule has 1 atom stereocenters. The van der Waals surface area contributed by atoms with Crippen LogP contribution in [0, 0.1) is 0 Å². The number of rotatable bonds is 4. The highest BCUT2D eigenvalue weighted by Gasteiger charge is 2.19. The predicted octanol–water partition coefficient (Wildman–Crippen LogP) is 1.17. The Labute approximate surface area is 100 Å². The third kappa shape index (κ3) is 2.60. The quantitative estimate of drug-likeness (QED) is 0.801. The maximum Gasteiger partial charge on any atom is 0.215 e. The van der Waals surface area contributed by atoms with Gasteiger partial charge < -0.3 is 10.3 Å². The molecular weight excluding hydrogens is 214 g/mol. The minimum atomic E-state index is -0.543. The molecule has 0 spiro atoms. The van der Waals surface area contributed by atoms with Crippen LogP contribution in [0.2, 0.25) is 0 Å². The van der Waals surface area contributed by atoms with E-state index in [4.69, 9.17) is 5.73 Å². The first-order chi connectivity index (χ1) is 8.18. The van der Waals surface area contributed by atoms with Crippen LogP contribution in [0.3, 0.4) is 0 Å². The zero-order valence-corrected chi connectivity index (χ0v) is 9.71. The fourth-order valence-electron chi connectivity index (χ4n) is 1.73. The first kappa shape index (κ1) is 11.5. The van der Waals surface area contributed by atoms with E-state index in [2.05, 4.69) is 4.98 Å². The molecule has 0 aliphatic rings. The van der Waals surface area contributed by atoms with Gasteiger partial charge in [-0.05, 0) is 12.0 Å². The second kappa shape index (κ2) is 4.93. The predicted molar refractivity (Wildman–Crippen MR) is 65.7 cm³/mol. The van der Waals surface area contributed by atoms with E-state index in [-0.39, 0.29) is 5.78 Å². The lowest BCUT2D eigenvalue weighted by atomic mass is 10.0. The van der Waals surface area contributed by atoms with E-state index in [9.17, 15) is 4.79 Å². The molecule has 2 aromatic rings. The third-order valence-electron chi connectivity index (χ3n) is 2.68. The fourth-order valence-corrected chi connectivity index (χ4v) is 1.73. The molecule has 2 N–H and O–H groups in total. The zero-order valence-electron chi connectivity index (χ0n) is 9.71. The Bertz CT molecular complexity index is 504. The van der Waals surface area contributed by atoms with Crippen molar-refractivity contribution in [1.82, 2.24) is 9.55 Å². The Hall–Kier alpha value is -1.94. The van der Waals surface area contributed by atoms with E-state index < -0.39 is 6.04 Å². The maximum atomic E-state index is 12.0. The number of benzene rings is 1. The Morgan fingerprint density at radius 2 is 2.12 bits per heavy atom. The van der Waals surface area contributed by atoms with Gasteiger partial charge in [0.25, 0.3) is 0 Å². The lowest BCUT2D eigenvalue weighted by Crippen LogP contribution is -2.34. The second-order valence-electron chi connectivity index (χ2n) is 4.02. The number of imidazole rings is 1. The number of Topliss-reactive ketones (excluding diaryl/α,β-unsaturated/α-hetero) is 1. The van der Waals surface area contributed by atoms with Crippen molar-refractivity contribution in [1.29, 1.82) is 0 Å². The number of carbonyl (C=O) groups excluding carboxylic acids is 1. The van der Waals surface area contributed by atoms with Crippen molar-refractivity contribution in [2.24, 2.45) is 12.8 Å². The number of hydrogen-bond donors (Lipinski definition) is 1. The third-order valence-corrected chi connectivity index (χ3v) is 2.68. The van der Waals surface area contributed by atoms with Crippen molar-refractivity contribution in [2.45, 2.75) is 12.5 Å². The Kier molecular flexibility index (Phi) is 3.35. The Morgan fingerprint density at radius 1 is 1.41 bits per heavy atom. The van der Waals surface area contributed by atoms with Crippen molar-refractivity contribution in [3.05, 3.63) is 54.1 Å². The number of carbonyl (C=O) groups is 1. The number of aromatic nitrogens is 2. The molecule has 0 amide bonds. The van der Waals surface area contributed by atoms with Crippen LogP contribution in [-0.2, 0) is 13.5 Å². The lowest BCUT2D eigenvalue weighted by molar-refractivity contribution is 0.0947. The molecule has 4 heteroatoms. The molecule has 0 aliphatic heterocycles. The van der Waals surface area contributed by atoms with Gasteiger partial charge in [0.1, 0.15) is 0 Å². The molecule has 1 heterocycles. The van der Waals surface area contributed by atoms with Crippen LogP contribution in [0.4, 0.5) is 0 Å². The van der Waals surface area contributed by atoms with Gasteiger partial charge in [-0.15, -0.1) is 0 Å². The average Bonchev–Trinajstić information content (AvgIpc) is 2.76. The normalized spacial score (nSPS) is 12.4. The summed E-state index contributed by atoms with van der Waals surface area (Å²) < 4.78 is 1.69. The SMILES string of the molecule is Cn1ccnc1C(=O)C(N)Cc1ccccc1. The molecule has 0 saturated carbocycles. The summed E-state index contributed by atoms with van der Waals surface area (Å²) in [4.78, 5) is 16.0. The highest BCUT2D eigenvalue weighted by molar-refractivity contribution is 5.97. The first-order valence-corrected chi connectivity index (χ1v) is 5.49. The van der Waals surface area contributed by atoms with E-state index in [0.29, 0.717) is 12.2 Å². The monoisotopic (exact) mass is 229 g/mol. The van der Waals surface area contributed by atoms with Gasteiger partial charge in [-0.1, -0.05) is 30.3 Å². The number of nitrogens with two attached hydrogens (primary N) is 1. The summed E-state index contributed by atoms with van der Waals surface area (Å²) in [6, 6.07) is 9.20. The van der Waals surface area contributed by atoms with Crippen LogP contribution in [0.5, 0.6) is 0 Å². The van der Waals surface area contributed by atoms with Crippen LogP contribution in [-0.4, -0.2) is 21.4 Å². The molecule has 88 valence electrons. The van der Waals surface area contributed by atoms with Crippen molar-refractivity contribution >= 4 is 5.78 Å². The van der Waals surface area contributed by atoms with Crippen LogP contribution in [0.25, 0.3) is 0 Å². The molecule has 17 heavy (non-hydrogen) atoms. The minimum Gasteiger partial charge on any atom is -0.332 e. The zero-order chi connectivity index (χ0) is 12.3. The molecule has 0 aliphatic carbocycles. The average molecular weight is 229 g/mol. The number of hydrogen-bond acceptors (Lipinski definition) is 3. The van der Waals surface area contributed by atoms with Crippen LogP contribution in [0.1, 0.15) is 16.2 Å². The van der Waals surface area contributed by atoms with Gasteiger partial charge in [0.05, 0.1) is 6.04 Å². The topological polar surface area (TPSA) is 60.9 Å². The van der Waals surface area contributed by atoms with Crippen molar-refractivity contribution in [3.8, 4) is 0 Å². The fraction of sp³-hybridized carbons (Fsp3) is 0.231. The van der Waals surface area contributed by atoms with Crippen molar-refractivity contribution < 1.29 is 4.79 Å². The molecule has 1 aromatic carbocycles.